The van der Waals surface area contributed by atoms with E-state index in [4.69, 9.17) is 4.74 Å². The summed E-state index contributed by atoms with van der Waals surface area (Å²) in [6.07, 6.45) is 19.6. The summed E-state index contributed by atoms with van der Waals surface area (Å²) in [6, 6.07) is 6.37. The molecule has 25 heavy (non-hydrogen) atoms. The fourth-order valence-electron chi connectivity index (χ4n) is 3.50. The van der Waals surface area contributed by atoms with Gasteiger partial charge in [-0.05, 0) is 31.4 Å². The molecule has 0 atom stereocenters. The van der Waals surface area contributed by atoms with E-state index in [1.165, 1.54) is 101 Å². The molecule has 0 aromatic heterocycles. The van der Waals surface area contributed by atoms with Crippen molar-refractivity contribution in [3.8, 4) is 5.75 Å². The van der Waals surface area contributed by atoms with Crippen LogP contribution in [-0.2, 0) is 0 Å². The van der Waals surface area contributed by atoms with E-state index in [0.29, 0.717) is 0 Å². The van der Waals surface area contributed by atoms with Crippen molar-refractivity contribution in [1.29, 1.82) is 0 Å². The van der Waals surface area contributed by atoms with E-state index >= 15 is 0 Å². The predicted molar refractivity (Wildman–Crippen MR) is 112 cm³/mol. The molecule has 1 aromatic rings. The zero-order chi connectivity index (χ0) is 18.2. The van der Waals surface area contributed by atoms with Crippen LogP contribution in [0.2, 0.25) is 0 Å². The molecule has 0 N–H and O–H groups in total. The van der Waals surface area contributed by atoms with E-state index in [2.05, 4.69) is 39.0 Å². The summed E-state index contributed by atoms with van der Waals surface area (Å²) < 4.78 is 5.97. The van der Waals surface area contributed by atoms with Gasteiger partial charge < -0.3 is 4.74 Å². The van der Waals surface area contributed by atoms with Gasteiger partial charge in [-0.15, -0.1) is 0 Å². The van der Waals surface area contributed by atoms with Crippen molar-refractivity contribution in [2.45, 2.75) is 111 Å². The highest BCUT2D eigenvalue weighted by molar-refractivity contribution is 5.39. The molecule has 0 bridgehead atoms. The number of rotatable bonds is 16. The molecule has 0 aliphatic heterocycles. The minimum absolute atomic E-state index is 0.865. The molecule has 0 amide bonds. The molecule has 1 aromatic carbocycles. The number of ether oxygens (including phenoxy) is 1. The van der Waals surface area contributed by atoms with Gasteiger partial charge in [-0.2, -0.15) is 0 Å². The zero-order valence-corrected chi connectivity index (χ0v) is 17.2. The van der Waals surface area contributed by atoms with E-state index in [1.54, 1.807) is 0 Å². The highest BCUT2D eigenvalue weighted by atomic mass is 16.5. The van der Waals surface area contributed by atoms with Crippen LogP contribution in [0.25, 0.3) is 0 Å². The first-order chi connectivity index (χ1) is 12.3. The Labute approximate surface area is 157 Å². The van der Waals surface area contributed by atoms with Crippen LogP contribution in [0.15, 0.2) is 18.2 Å². The molecule has 0 radical (unpaired) electrons. The first-order valence-electron chi connectivity index (χ1n) is 10.9. The van der Waals surface area contributed by atoms with E-state index in [0.717, 1.165) is 12.4 Å². The molecule has 1 nitrogen and oxygen atoms in total. The minimum Gasteiger partial charge on any atom is -0.493 e. The summed E-state index contributed by atoms with van der Waals surface area (Å²) in [7, 11) is 0. The van der Waals surface area contributed by atoms with Gasteiger partial charge in [0.15, 0.2) is 0 Å². The Bertz CT molecular complexity index is 404. The van der Waals surface area contributed by atoms with Gasteiger partial charge in [0, 0.05) is 0 Å². The van der Waals surface area contributed by atoms with Gasteiger partial charge in [-0.25, -0.2) is 0 Å². The molecule has 0 spiro atoms. The molecule has 1 heteroatoms. The van der Waals surface area contributed by atoms with Crippen molar-refractivity contribution in [3.63, 3.8) is 0 Å². The number of hydrogen-bond acceptors (Lipinski definition) is 1. The second kappa shape index (κ2) is 15.3. The fraction of sp³-hybridized carbons (Fsp3) is 0.750. The smallest absolute Gasteiger partial charge is 0.125 e. The van der Waals surface area contributed by atoms with E-state index < -0.39 is 0 Å². The average molecular weight is 347 g/mol. The maximum absolute atomic E-state index is 5.97. The van der Waals surface area contributed by atoms with Crippen LogP contribution in [0, 0.1) is 13.8 Å². The summed E-state index contributed by atoms with van der Waals surface area (Å²) in [5.74, 6) is 1.09. The maximum Gasteiger partial charge on any atom is 0.125 e. The second-order valence-electron chi connectivity index (χ2n) is 7.67. The van der Waals surface area contributed by atoms with Gasteiger partial charge in [0.1, 0.15) is 5.75 Å². The number of para-hydroxylation sites is 1. The molecule has 0 saturated heterocycles. The van der Waals surface area contributed by atoms with Crippen LogP contribution in [0.5, 0.6) is 5.75 Å². The van der Waals surface area contributed by atoms with Crippen LogP contribution in [0.1, 0.15) is 108 Å². The van der Waals surface area contributed by atoms with Gasteiger partial charge >= 0.3 is 0 Å². The predicted octanol–water partition coefficient (Wildman–Crippen LogP) is 8.16. The third-order valence-corrected chi connectivity index (χ3v) is 5.15. The Morgan fingerprint density at radius 3 is 1.44 bits per heavy atom. The molecule has 0 fully saturated rings. The van der Waals surface area contributed by atoms with Crippen LogP contribution < -0.4 is 4.74 Å². The second-order valence-corrected chi connectivity index (χ2v) is 7.67. The van der Waals surface area contributed by atoms with E-state index in [9.17, 15) is 0 Å². The van der Waals surface area contributed by atoms with Crippen LogP contribution in [0.3, 0.4) is 0 Å². The van der Waals surface area contributed by atoms with Gasteiger partial charge in [0.05, 0.1) is 6.61 Å². The lowest BCUT2D eigenvalue weighted by Crippen LogP contribution is -2.00. The Kier molecular flexibility index (Phi) is 13.5. The summed E-state index contributed by atoms with van der Waals surface area (Å²) in [5.41, 5.74) is 2.51. The monoisotopic (exact) mass is 346 g/mol. The molecular weight excluding hydrogens is 304 g/mol. The molecule has 0 heterocycles. The van der Waals surface area contributed by atoms with Crippen molar-refractivity contribution in [3.05, 3.63) is 29.3 Å². The highest BCUT2D eigenvalue weighted by Crippen LogP contribution is 2.22. The molecule has 0 saturated carbocycles. The number of aryl methyl sites for hydroxylation is 2. The Morgan fingerprint density at radius 1 is 0.600 bits per heavy atom. The van der Waals surface area contributed by atoms with Crippen molar-refractivity contribution in [2.75, 3.05) is 6.61 Å². The van der Waals surface area contributed by atoms with Crippen molar-refractivity contribution >= 4 is 0 Å². The van der Waals surface area contributed by atoms with Crippen molar-refractivity contribution in [1.82, 2.24) is 0 Å². The molecule has 0 aliphatic carbocycles. The summed E-state index contributed by atoms with van der Waals surface area (Å²) in [6.45, 7) is 7.42. The number of hydrogen-bond donors (Lipinski definition) is 0. The van der Waals surface area contributed by atoms with E-state index in [-0.39, 0.29) is 0 Å². The van der Waals surface area contributed by atoms with E-state index in [1.807, 2.05) is 0 Å². The van der Waals surface area contributed by atoms with Crippen molar-refractivity contribution in [2.24, 2.45) is 0 Å². The summed E-state index contributed by atoms with van der Waals surface area (Å²) in [4.78, 5) is 0. The largest absolute Gasteiger partial charge is 0.493 e. The Morgan fingerprint density at radius 2 is 1.00 bits per heavy atom. The fourth-order valence-corrected chi connectivity index (χ4v) is 3.50. The molecule has 1 rings (SSSR count). The molecule has 0 unspecified atom stereocenters. The van der Waals surface area contributed by atoms with Crippen LogP contribution >= 0.6 is 0 Å². The first-order valence-corrected chi connectivity index (χ1v) is 10.9. The average Bonchev–Trinajstić information content (AvgIpc) is 2.60. The standard InChI is InChI=1S/C24H42O/c1-4-5-6-7-8-9-10-11-12-13-14-15-16-17-21-25-24-22(2)19-18-20-23(24)3/h18-20H,4-17,21H2,1-3H3. The van der Waals surface area contributed by atoms with Crippen LogP contribution in [0.4, 0.5) is 0 Å². The quantitative estimate of drug-likeness (QED) is 0.274. The molecule has 144 valence electrons. The lowest BCUT2D eigenvalue weighted by atomic mass is 10.0. The SMILES string of the molecule is CCCCCCCCCCCCCCCCOc1c(C)cccc1C. The topological polar surface area (TPSA) is 9.23 Å². The van der Waals surface area contributed by atoms with Gasteiger partial charge in [-0.3, -0.25) is 0 Å². The summed E-state index contributed by atoms with van der Waals surface area (Å²) >= 11 is 0. The molecule has 0 aliphatic rings. The lowest BCUT2D eigenvalue weighted by molar-refractivity contribution is 0.300. The third-order valence-electron chi connectivity index (χ3n) is 5.15. The Balaban J connectivity index is 1.83. The zero-order valence-electron chi connectivity index (χ0n) is 17.2. The number of benzene rings is 1. The molecular formula is C24H42O. The maximum atomic E-state index is 5.97. The Hall–Kier alpha value is -0.980. The number of unbranched alkanes of at least 4 members (excludes halogenated alkanes) is 13. The van der Waals surface area contributed by atoms with Gasteiger partial charge in [0.25, 0.3) is 0 Å². The van der Waals surface area contributed by atoms with Crippen LogP contribution in [-0.4, -0.2) is 6.61 Å². The summed E-state index contributed by atoms with van der Waals surface area (Å²) in [5, 5.41) is 0. The highest BCUT2D eigenvalue weighted by Gasteiger charge is 2.02. The van der Waals surface area contributed by atoms with Crippen molar-refractivity contribution < 1.29 is 4.74 Å². The normalized spacial score (nSPS) is 11.0. The lowest BCUT2D eigenvalue weighted by Gasteiger charge is -2.11. The van der Waals surface area contributed by atoms with Gasteiger partial charge in [0.2, 0.25) is 0 Å². The first kappa shape index (κ1) is 22.1. The van der Waals surface area contributed by atoms with Gasteiger partial charge in [-0.1, -0.05) is 109 Å². The minimum atomic E-state index is 0.865. The third kappa shape index (κ3) is 11.3.